The van der Waals surface area contributed by atoms with Crippen molar-refractivity contribution in [3.05, 3.63) is 0 Å². The lowest BCUT2D eigenvalue weighted by molar-refractivity contribution is -0.153. The third-order valence-electron chi connectivity index (χ3n) is 4.45. The van der Waals surface area contributed by atoms with Crippen molar-refractivity contribution in [1.29, 1.82) is 0 Å². The van der Waals surface area contributed by atoms with Crippen molar-refractivity contribution in [3.63, 3.8) is 0 Å². The van der Waals surface area contributed by atoms with Crippen molar-refractivity contribution in [2.45, 2.75) is 58.5 Å². The van der Waals surface area contributed by atoms with Gasteiger partial charge in [0.1, 0.15) is 0 Å². The highest BCUT2D eigenvalue weighted by molar-refractivity contribution is 5.99. The summed E-state index contributed by atoms with van der Waals surface area (Å²) in [5.41, 5.74) is -0.144. The smallest absolute Gasteiger partial charge is 0.230 e. The normalized spacial score (nSPS) is 36.8. The molecule has 2 aliphatic rings. The highest BCUT2D eigenvalue weighted by Gasteiger charge is 2.50. The molecule has 4 nitrogen and oxygen atoms in total. The maximum atomic E-state index is 12.1. The lowest BCUT2D eigenvalue weighted by atomic mass is 9.62. The average Bonchev–Trinajstić information content (AvgIpc) is 2.34. The van der Waals surface area contributed by atoms with E-state index in [-0.39, 0.29) is 29.3 Å². The Balaban J connectivity index is 2.23. The molecule has 0 saturated carbocycles. The van der Waals surface area contributed by atoms with Crippen molar-refractivity contribution in [3.8, 4) is 0 Å². The van der Waals surface area contributed by atoms with Crippen LogP contribution in [-0.2, 0) is 14.3 Å². The quantitative estimate of drug-likeness (QED) is 0.783. The summed E-state index contributed by atoms with van der Waals surface area (Å²) in [6.45, 7) is 4.87. The SMILES string of the molecule is CCCC1C(=O)NC(=O)CC12CCOC(CC)C2. The van der Waals surface area contributed by atoms with E-state index in [9.17, 15) is 9.59 Å². The third kappa shape index (κ3) is 2.44. The van der Waals surface area contributed by atoms with Gasteiger partial charge in [0.25, 0.3) is 0 Å². The largest absolute Gasteiger partial charge is 0.378 e. The molecule has 2 fully saturated rings. The molecule has 0 aromatic heterocycles. The molecule has 2 amide bonds. The third-order valence-corrected chi connectivity index (χ3v) is 4.45. The van der Waals surface area contributed by atoms with Gasteiger partial charge in [0.15, 0.2) is 0 Å². The Hall–Kier alpha value is -0.900. The zero-order valence-corrected chi connectivity index (χ0v) is 11.3. The predicted molar refractivity (Wildman–Crippen MR) is 67.9 cm³/mol. The molecule has 2 heterocycles. The van der Waals surface area contributed by atoms with Gasteiger partial charge in [0, 0.05) is 18.9 Å². The first-order chi connectivity index (χ1) is 8.61. The van der Waals surface area contributed by atoms with E-state index in [0.29, 0.717) is 13.0 Å². The molecule has 2 saturated heterocycles. The minimum Gasteiger partial charge on any atom is -0.378 e. The molecule has 0 aromatic carbocycles. The zero-order valence-electron chi connectivity index (χ0n) is 11.3. The predicted octanol–water partition coefficient (Wildman–Crippen LogP) is 2.02. The number of hydrogen-bond donors (Lipinski definition) is 1. The van der Waals surface area contributed by atoms with Gasteiger partial charge >= 0.3 is 0 Å². The van der Waals surface area contributed by atoms with E-state index in [2.05, 4.69) is 19.2 Å². The summed E-state index contributed by atoms with van der Waals surface area (Å²) in [5, 5.41) is 2.50. The molecule has 1 N–H and O–H groups in total. The van der Waals surface area contributed by atoms with Gasteiger partial charge in [-0.05, 0) is 31.1 Å². The van der Waals surface area contributed by atoms with Crippen LogP contribution in [0.4, 0.5) is 0 Å². The Morgan fingerprint density at radius 2 is 2.17 bits per heavy atom. The Morgan fingerprint density at radius 1 is 1.39 bits per heavy atom. The topological polar surface area (TPSA) is 55.4 Å². The van der Waals surface area contributed by atoms with Crippen molar-refractivity contribution in [2.75, 3.05) is 6.61 Å². The minimum atomic E-state index is -0.144. The molecule has 1 spiro atoms. The van der Waals surface area contributed by atoms with Crippen LogP contribution in [0.2, 0.25) is 0 Å². The van der Waals surface area contributed by atoms with Crippen molar-refractivity contribution in [1.82, 2.24) is 5.32 Å². The fraction of sp³-hybridized carbons (Fsp3) is 0.857. The zero-order chi connectivity index (χ0) is 13.2. The van der Waals surface area contributed by atoms with Gasteiger partial charge in [-0.2, -0.15) is 0 Å². The van der Waals surface area contributed by atoms with Gasteiger partial charge in [-0.3, -0.25) is 14.9 Å². The number of carbonyl (C=O) groups excluding carboxylic acids is 2. The molecule has 2 aliphatic heterocycles. The van der Waals surface area contributed by atoms with E-state index in [0.717, 1.165) is 32.1 Å². The van der Waals surface area contributed by atoms with Gasteiger partial charge in [-0.25, -0.2) is 0 Å². The average molecular weight is 253 g/mol. The Bertz CT molecular complexity index is 342. The molecule has 0 aromatic rings. The Labute approximate surface area is 108 Å². The summed E-state index contributed by atoms with van der Waals surface area (Å²) in [6, 6.07) is 0. The summed E-state index contributed by atoms with van der Waals surface area (Å²) in [5.74, 6) is -0.188. The first-order valence-electron chi connectivity index (χ1n) is 7.06. The van der Waals surface area contributed by atoms with Crippen LogP contribution in [0, 0.1) is 11.3 Å². The Kier molecular flexibility index (Phi) is 4.05. The van der Waals surface area contributed by atoms with Crippen LogP contribution in [0.25, 0.3) is 0 Å². The molecule has 2 rings (SSSR count). The number of amides is 2. The summed E-state index contributed by atoms with van der Waals surface area (Å²) in [7, 11) is 0. The summed E-state index contributed by atoms with van der Waals surface area (Å²) in [4.78, 5) is 23.8. The molecule has 0 radical (unpaired) electrons. The van der Waals surface area contributed by atoms with Crippen LogP contribution < -0.4 is 5.32 Å². The number of carbonyl (C=O) groups is 2. The highest BCUT2D eigenvalue weighted by atomic mass is 16.5. The molecule has 102 valence electrons. The second kappa shape index (κ2) is 5.39. The van der Waals surface area contributed by atoms with E-state index >= 15 is 0 Å². The monoisotopic (exact) mass is 253 g/mol. The molecular formula is C14H23NO3. The van der Waals surface area contributed by atoms with Crippen LogP contribution >= 0.6 is 0 Å². The summed E-state index contributed by atoms with van der Waals surface area (Å²) >= 11 is 0. The van der Waals surface area contributed by atoms with E-state index in [4.69, 9.17) is 4.74 Å². The van der Waals surface area contributed by atoms with Gasteiger partial charge < -0.3 is 4.74 Å². The fourth-order valence-corrected chi connectivity index (χ4v) is 3.50. The summed E-state index contributed by atoms with van der Waals surface area (Å²) in [6.07, 6.45) is 5.19. The van der Waals surface area contributed by atoms with Crippen LogP contribution in [0.5, 0.6) is 0 Å². The van der Waals surface area contributed by atoms with E-state index in [1.54, 1.807) is 0 Å². The molecule has 0 aliphatic carbocycles. The van der Waals surface area contributed by atoms with Gasteiger partial charge in [0.2, 0.25) is 11.8 Å². The first-order valence-corrected chi connectivity index (χ1v) is 7.06. The van der Waals surface area contributed by atoms with Crippen molar-refractivity contribution < 1.29 is 14.3 Å². The fourth-order valence-electron chi connectivity index (χ4n) is 3.50. The molecule has 4 heteroatoms. The summed E-state index contributed by atoms with van der Waals surface area (Å²) < 4.78 is 5.71. The van der Waals surface area contributed by atoms with Crippen LogP contribution in [0.15, 0.2) is 0 Å². The maximum Gasteiger partial charge on any atom is 0.230 e. The number of rotatable bonds is 3. The van der Waals surface area contributed by atoms with Gasteiger partial charge in [-0.1, -0.05) is 20.3 Å². The maximum absolute atomic E-state index is 12.1. The van der Waals surface area contributed by atoms with Gasteiger partial charge in [0.05, 0.1) is 6.10 Å². The van der Waals surface area contributed by atoms with E-state index in [1.165, 1.54) is 0 Å². The first kappa shape index (κ1) is 13.5. The van der Waals surface area contributed by atoms with E-state index in [1.807, 2.05) is 0 Å². The standard InChI is InChI=1S/C14H23NO3/c1-3-5-11-13(17)15-12(16)9-14(11)6-7-18-10(4-2)8-14/h10-11H,3-9H2,1-2H3,(H,15,16,17). The lowest BCUT2D eigenvalue weighted by Crippen LogP contribution is -2.55. The molecular weight excluding hydrogens is 230 g/mol. The molecule has 0 bridgehead atoms. The number of ether oxygens (including phenoxy) is 1. The molecule has 18 heavy (non-hydrogen) atoms. The van der Waals surface area contributed by atoms with Gasteiger partial charge in [-0.15, -0.1) is 0 Å². The molecule has 3 atom stereocenters. The van der Waals surface area contributed by atoms with Crippen molar-refractivity contribution >= 4 is 11.8 Å². The number of nitrogens with one attached hydrogen (secondary N) is 1. The minimum absolute atomic E-state index is 0.0156. The highest BCUT2D eigenvalue weighted by Crippen LogP contribution is 2.47. The van der Waals surface area contributed by atoms with Crippen LogP contribution in [0.1, 0.15) is 52.4 Å². The number of imide groups is 1. The second-order valence-corrected chi connectivity index (χ2v) is 5.65. The van der Waals surface area contributed by atoms with Crippen LogP contribution in [-0.4, -0.2) is 24.5 Å². The molecule has 3 unspecified atom stereocenters. The Morgan fingerprint density at radius 3 is 2.83 bits per heavy atom. The van der Waals surface area contributed by atoms with E-state index < -0.39 is 0 Å². The van der Waals surface area contributed by atoms with Crippen molar-refractivity contribution in [2.24, 2.45) is 11.3 Å². The lowest BCUT2D eigenvalue weighted by Gasteiger charge is -2.47. The second-order valence-electron chi connectivity index (χ2n) is 5.65. The van der Waals surface area contributed by atoms with Crippen LogP contribution in [0.3, 0.4) is 0 Å². The number of hydrogen-bond acceptors (Lipinski definition) is 3. The number of piperidine rings is 1.